The molecule has 3 rings (SSSR count). The van der Waals surface area contributed by atoms with Gasteiger partial charge in [0.15, 0.2) is 11.5 Å². The first kappa shape index (κ1) is 21.8. The maximum atomic E-state index is 13.0. The van der Waals surface area contributed by atoms with Gasteiger partial charge in [-0.15, -0.1) is 0 Å². The van der Waals surface area contributed by atoms with Crippen LogP contribution in [0.25, 0.3) is 0 Å². The first-order valence-electron chi connectivity index (χ1n) is 10.3. The summed E-state index contributed by atoms with van der Waals surface area (Å²) < 4.78 is 21.5. The first-order valence-corrected chi connectivity index (χ1v) is 10.3. The lowest BCUT2D eigenvalue weighted by Gasteiger charge is -2.38. The van der Waals surface area contributed by atoms with Crippen LogP contribution in [0.2, 0.25) is 0 Å². The molecule has 1 N–H and O–H groups in total. The molecule has 0 heterocycles. The third-order valence-electron chi connectivity index (χ3n) is 6.05. The van der Waals surface area contributed by atoms with Crippen LogP contribution in [0.3, 0.4) is 0 Å². The summed E-state index contributed by atoms with van der Waals surface area (Å²) in [6.45, 7) is 0.552. The van der Waals surface area contributed by atoms with Crippen LogP contribution in [0, 0.1) is 0 Å². The van der Waals surface area contributed by atoms with Crippen molar-refractivity contribution in [3.05, 3.63) is 47.5 Å². The summed E-state index contributed by atoms with van der Waals surface area (Å²) in [6.07, 6.45) is 5.52. The van der Waals surface area contributed by atoms with E-state index in [0.717, 1.165) is 25.7 Å². The first-order chi connectivity index (χ1) is 14.6. The van der Waals surface area contributed by atoms with Crippen LogP contribution in [-0.2, 0) is 5.41 Å². The minimum Gasteiger partial charge on any atom is -0.497 e. The van der Waals surface area contributed by atoms with Gasteiger partial charge in [-0.2, -0.15) is 0 Å². The summed E-state index contributed by atoms with van der Waals surface area (Å²) >= 11 is 0. The smallest absolute Gasteiger partial charge is 0.255 e. The highest BCUT2D eigenvalue weighted by atomic mass is 16.5. The summed E-state index contributed by atoms with van der Waals surface area (Å²) in [6, 6.07) is 11.3. The normalized spacial score (nSPS) is 15.2. The van der Waals surface area contributed by atoms with Gasteiger partial charge in [-0.05, 0) is 42.7 Å². The van der Waals surface area contributed by atoms with Crippen LogP contribution in [0.1, 0.15) is 48.0 Å². The summed E-state index contributed by atoms with van der Waals surface area (Å²) in [7, 11) is 6.42. The Hall–Kier alpha value is -2.89. The van der Waals surface area contributed by atoms with Gasteiger partial charge in [-0.1, -0.05) is 25.3 Å². The number of benzene rings is 2. The number of nitrogens with one attached hydrogen (secondary N) is 1. The standard InChI is InChI=1S/C24H31NO5/c1-27-18-9-10-19(21(15-18)29-3)23(26)25-16-24(12-6-5-7-13-24)17-8-11-20(28-2)22(14-17)30-4/h8-11,14-15H,5-7,12-13,16H2,1-4H3,(H,25,26). The fourth-order valence-electron chi connectivity index (χ4n) is 4.29. The molecule has 6 heteroatoms. The van der Waals surface area contributed by atoms with Gasteiger partial charge in [-0.3, -0.25) is 4.79 Å². The average Bonchev–Trinajstić information content (AvgIpc) is 2.82. The Balaban J connectivity index is 1.85. The van der Waals surface area contributed by atoms with Crippen LogP contribution in [0.4, 0.5) is 0 Å². The van der Waals surface area contributed by atoms with E-state index in [0.29, 0.717) is 35.1 Å². The van der Waals surface area contributed by atoms with Crippen molar-refractivity contribution in [3.8, 4) is 23.0 Å². The lowest BCUT2D eigenvalue weighted by atomic mass is 9.69. The van der Waals surface area contributed by atoms with E-state index in [-0.39, 0.29) is 11.3 Å². The minimum absolute atomic E-state index is 0.132. The summed E-state index contributed by atoms with van der Waals surface area (Å²) in [4.78, 5) is 13.0. The number of rotatable bonds is 8. The van der Waals surface area contributed by atoms with Crippen LogP contribution in [0.5, 0.6) is 23.0 Å². The van der Waals surface area contributed by atoms with Crippen molar-refractivity contribution in [2.75, 3.05) is 35.0 Å². The Bertz CT molecular complexity index is 874. The van der Waals surface area contributed by atoms with Gasteiger partial charge in [-0.25, -0.2) is 0 Å². The Labute approximate surface area is 178 Å². The number of ether oxygens (including phenoxy) is 4. The molecule has 6 nitrogen and oxygen atoms in total. The molecule has 2 aromatic carbocycles. The Morgan fingerprint density at radius 1 is 0.833 bits per heavy atom. The van der Waals surface area contributed by atoms with Gasteiger partial charge in [0.05, 0.1) is 34.0 Å². The minimum atomic E-state index is -0.153. The van der Waals surface area contributed by atoms with E-state index in [1.807, 2.05) is 12.1 Å². The predicted molar refractivity (Wildman–Crippen MR) is 116 cm³/mol. The zero-order valence-electron chi connectivity index (χ0n) is 18.2. The van der Waals surface area contributed by atoms with Crippen molar-refractivity contribution in [2.45, 2.75) is 37.5 Å². The van der Waals surface area contributed by atoms with Crippen LogP contribution < -0.4 is 24.3 Å². The molecule has 2 aromatic rings. The molecule has 162 valence electrons. The molecule has 0 aliphatic heterocycles. The molecule has 1 aliphatic carbocycles. The number of amides is 1. The highest BCUT2D eigenvalue weighted by molar-refractivity contribution is 5.97. The van der Waals surface area contributed by atoms with E-state index in [1.54, 1.807) is 46.6 Å². The number of hydrogen-bond donors (Lipinski definition) is 1. The number of carbonyl (C=O) groups excluding carboxylic acids is 1. The van der Waals surface area contributed by atoms with Gasteiger partial charge in [0, 0.05) is 18.0 Å². The molecule has 0 spiro atoms. The highest BCUT2D eigenvalue weighted by Gasteiger charge is 2.35. The van der Waals surface area contributed by atoms with E-state index in [1.165, 1.54) is 12.0 Å². The maximum absolute atomic E-state index is 13.0. The summed E-state index contributed by atoms with van der Waals surface area (Å²) in [5.41, 5.74) is 1.53. The van der Waals surface area contributed by atoms with E-state index < -0.39 is 0 Å². The fourth-order valence-corrected chi connectivity index (χ4v) is 4.29. The molecule has 0 radical (unpaired) electrons. The number of hydrogen-bond acceptors (Lipinski definition) is 5. The van der Waals surface area contributed by atoms with Crippen molar-refractivity contribution < 1.29 is 23.7 Å². The van der Waals surface area contributed by atoms with Crippen molar-refractivity contribution in [1.29, 1.82) is 0 Å². The largest absolute Gasteiger partial charge is 0.497 e. The van der Waals surface area contributed by atoms with Crippen LogP contribution in [-0.4, -0.2) is 40.9 Å². The molecule has 1 fully saturated rings. The predicted octanol–water partition coefficient (Wildman–Crippen LogP) is 4.35. The van der Waals surface area contributed by atoms with Gasteiger partial charge in [0.25, 0.3) is 5.91 Å². The monoisotopic (exact) mass is 413 g/mol. The van der Waals surface area contributed by atoms with Crippen molar-refractivity contribution in [2.24, 2.45) is 0 Å². The second kappa shape index (κ2) is 9.74. The van der Waals surface area contributed by atoms with Gasteiger partial charge in [0.2, 0.25) is 0 Å². The topological polar surface area (TPSA) is 66.0 Å². The highest BCUT2D eigenvalue weighted by Crippen LogP contribution is 2.42. The Morgan fingerprint density at radius 3 is 2.17 bits per heavy atom. The molecule has 0 aromatic heterocycles. The van der Waals surface area contributed by atoms with Gasteiger partial charge >= 0.3 is 0 Å². The van der Waals surface area contributed by atoms with E-state index in [9.17, 15) is 4.79 Å². The average molecular weight is 414 g/mol. The SMILES string of the molecule is COc1ccc(C(=O)NCC2(c3ccc(OC)c(OC)c3)CCCCC2)c(OC)c1. The number of methoxy groups -OCH3 is 4. The van der Waals surface area contributed by atoms with Crippen LogP contribution >= 0.6 is 0 Å². The van der Waals surface area contributed by atoms with Gasteiger partial charge < -0.3 is 24.3 Å². The van der Waals surface area contributed by atoms with E-state index >= 15 is 0 Å². The fraction of sp³-hybridized carbons (Fsp3) is 0.458. The van der Waals surface area contributed by atoms with Crippen molar-refractivity contribution in [3.63, 3.8) is 0 Å². The third kappa shape index (κ3) is 4.48. The molecule has 1 amide bonds. The second-order valence-corrected chi connectivity index (χ2v) is 7.66. The molecule has 1 saturated carbocycles. The zero-order valence-corrected chi connectivity index (χ0v) is 18.2. The van der Waals surface area contributed by atoms with Crippen molar-refractivity contribution in [1.82, 2.24) is 5.32 Å². The van der Waals surface area contributed by atoms with Gasteiger partial charge in [0.1, 0.15) is 11.5 Å². The molecule has 0 unspecified atom stereocenters. The molecule has 0 bridgehead atoms. The van der Waals surface area contributed by atoms with Crippen LogP contribution in [0.15, 0.2) is 36.4 Å². The summed E-state index contributed by atoms with van der Waals surface area (Å²) in [5.74, 6) is 2.41. The Kier molecular flexibility index (Phi) is 7.08. The third-order valence-corrected chi connectivity index (χ3v) is 6.05. The molecule has 0 saturated heterocycles. The number of carbonyl (C=O) groups is 1. The maximum Gasteiger partial charge on any atom is 0.255 e. The molecular formula is C24H31NO5. The van der Waals surface area contributed by atoms with Crippen molar-refractivity contribution >= 4 is 5.91 Å². The Morgan fingerprint density at radius 2 is 1.53 bits per heavy atom. The van der Waals surface area contributed by atoms with E-state index in [4.69, 9.17) is 18.9 Å². The molecule has 1 aliphatic rings. The molecule has 0 atom stereocenters. The molecular weight excluding hydrogens is 382 g/mol. The lowest BCUT2D eigenvalue weighted by Crippen LogP contribution is -2.42. The zero-order chi connectivity index (χ0) is 21.6. The second-order valence-electron chi connectivity index (χ2n) is 7.66. The summed E-state index contributed by atoms with van der Waals surface area (Å²) in [5, 5.41) is 3.15. The lowest BCUT2D eigenvalue weighted by molar-refractivity contribution is 0.0933. The molecule has 30 heavy (non-hydrogen) atoms. The quantitative estimate of drug-likeness (QED) is 0.697. The van der Waals surface area contributed by atoms with E-state index in [2.05, 4.69) is 11.4 Å².